The van der Waals surface area contributed by atoms with Crippen LogP contribution in [0.25, 0.3) is 33.3 Å². The van der Waals surface area contributed by atoms with Crippen LogP contribution in [-0.2, 0) is 42.8 Å². The molecular weight excluding hydrogens is 1070 g/mol. The number of ether oxygens (including phenoxy) is 1. The Kier molecular flexibility index (Phi) is 19.2. The number of likely N-dealkylation sites (N-methyl/N-ethyl adjacent to an activating group) is 1. The number of pyridine rings is 1. The van der Waals surface area contributed by atoms with Gasteiger partial charge in [0.15, 0.2) is 0 Å². The first-order chi connectivity index (χ1) is 37.9. The summed E-state index contributed by atoms with van der Waals surface area (Å²) in [7, 11) is -1.77. The summed E-state index contributed by atoms with van der Waals surface area (Å²) in [4.78, 5) is 59.9. The molecule has 1 aliphatic heterocycles. The number of likely N-dealkylation sites (tertiary alicyclic amines) is 1. The van der Waals surface area contributed by atoms with Crippen molar-refractivity contribution in [2.45, 2.75) is 129 Å². The highest BCUT2D eigenvalue weighted by Gasteiger charge is 2.46. The van der Waals surface area contributed by atoms with Crippen molar-refractivity contribution >= 4 is 61.7 Å². The quantitative estimate of drug-likeness (QED) is 0.0248. The van der Waals surface area contributed by atoms with Gasteiger partial charge in [-0.2, -0.15) is 19.0 Å². The molecule has 1 fully saturated rings. The Balaban J connectivity index is 0.930. The molecule has 7 rings (SSSR count). The maximum atomic E-state index is 14.6. The van der Waals surface area contributed by atoms with E-state index in [2.05, 4.69) is 31.3 Å². The number of carbonyl (C=O) groups excluding carboxylic acids is 4. The van der Waals surface area contributed by atoms with E-state index in [4.69, 9.17) is 15.6 Å². The number of hydrogen-bond acceptors (Lipinski definition) is 12. The number of alkyl halides is 2. The Labute approximate surface area is 460 Å². The molecule has 7 N–H and O–H groups in total. The van der Waals surface area contributed by atoms with Crippen LogP contribution < -0.4 is 36.5 Å². The molecule has 4 amide bonds. The standard InChI is InChI=1S/C55H67F5N12O7S/c1-31(62-6)51(74)67-49(55(3,4)5)53(76)72-30-37(26-42(72)52(75)66-47-39(57)15-14-16-40(47)58)65-44(73)17-12-10-8-9-11-13-24-71-29-35(27-64-71)38-28-63-50(61)45-46(68-70(7)48(38)45)34-20-23-41(69-80(77,78)54(59)60)43(25-34)79-32(2)33-18-21-36(56)22-19-33/h14-16,18-23,25,27-29,31-32,37,42,49,54,62,69H,8-13,17,24,26,30H2,1-7H3,(H2,61,63)(H,65,73)(H,66,75)(H,67,74)/t31-,32-,37+,42-,49+/m0/s1. The number of nitrogens with zero attached hydrogens (tertiary/aromatic N) is 6. The van der Waals surface area contributed by atoms with Gasteiger partial charge in [0.2, 0.25) is 23.6 Å². The van der Waals surface area contributed by atoms with Crippen molar-refractivity contribution in [2.75, 3.05) is 29.4 Å². The van der Waals surface area contributed by atoms with E-state index in [-0.39, 0.29) is 42.5 Å². The van der Waals surface area contributed by atoms with E-state index in [1.807, 2.05) is 15.6 Å². The third-order valence-electron chi connectivity index (χ3n) is 14.0. The summed E-state index contributed by atoms with van der Waals surface area (Å²) in [5.74, 6) is -8.28. The van der Waals surface area contributed by atoms with Crippen LogP contribution in [0.5, 0.6) is 5.75 Å². The smallest absolute Gasteiger partial charge is 0.355 e. The molecule has 3 aromatic heterocycles. The van der Waals surface area contributed by atoms with Crippen molar-refractivity contribution < 1.29 is 54.3 Å². The van der Waals surface area contributed by atoms with Gasteiger partial charge in [-0.1, -0.05) is 70.7 Å². The Morgan fingerprint density at radius 2 is 1.57 bits per heavy atom. The van der Waals surface area contributed by atoms with Crippen molar-refractivity contribution in [1.82, 2.24) is 45.4 Å². The molecule has 19 nitrogen and oxygen atoms in total. The fraction of sp³-hybridized carbons (Fsp3) is 0.436. The lowest BCUT2D eigenvalue weighted by molar-refractivity contribution is -0.143. The molecular formula is C55H67F5N12O7S. The first-order valence-corrected chi connectivity index (χ1v) is 27.7. The van der Waals surface area contributed by atoms with Crippen molar-refractivity contribution in [3.8, 4) is 28.1 Å². The zero-order valence-electron chi connectivity index (χ0n) is 45.5. The number of nitrogens with one attached hydrogen (secondary N) is 5. The van der Waals surface area contributed by atoms with Crippen LogP contribution in [0.1, 0.15) is 97.7 Å². The maximum Gasteiger partial charge on any atom is 0.355 e. The van der Waals surface area contributed by atoms with Crippen LogP contribution in [-0.4, -0.2) is 105 Å². The van der Waals surface area contributed by atoms with Gasteiger partial charge in [-0.05, 0) is 87.5 Å². The second-order valence-electron chi connectivity index (χ2n) is 21.0. The van der Waals surface area contributed by atoms with Gasteiger partial charge in [0, 0.05) is 61.7 Å². The Bertz CT molecular complexity index is 3300. The number of carbonyl (C=O) groups is 4. The van der Waals surface area contributed by atoms with Gasteiger partial charge < -0.3 is 36.6 Å². The fourth-order valence-electron chi connectivity index (χ4n) is 9.45. The predicted octanol–water partition coefficient (Wildman–Crippen LogP) is 8.20. The third-order valence-corrected chi connectivity index (χ3v) is 14.9. The number of benzene rings is 3. The van der Waals surface area contributed by atoms with Crippen LogP contribution in [0.3, 0.4) is 0 Å². The first kappa shape index (κ1) is 60.0. The maximum absolute atomic E-state index is 14.6. The molecule has 0 spiro atoms. The fourth-order valence-corrected chi connectivity index (χ4v) is 10.0. The van der Waals surface area contributed by atoms with E-state index in [1.54, 1.807) is 65.8 Å². The summed E-state index contributed by atoms with van der Waals surface area (Å²) in [5.41, 5.74) is 8.07. The minimum atomic E-state index is -5.09. The van der Waals surface area contributed by atoms with E-state index < -0.39 is 92.3 Å². The van der Waals surface area contributed by atoms with E-state index in [9.17, 15) is 49.5 Å². The minimum Gasteiger partial charge on any atom is -0.484 e. The van der Waals surface area contributed by atoms with Gasteiger partial charge in [-0.25, -0.2) is 26.6 Å². The van der Waals surface area contributed by atoms with E-state index in [0.717, 1.165) is 55.9 Å². The van der Waals surface area contributed by atoms with Crippen molar-refractivity contribution in [2.24, 2.45) is 12.5 Å². The van der Waals surface area contributed by atoms with Crippen molar-refractivity contribution in [3.05, 3.63) is 102 Å². The molecule has 5 atom stereocenters. The number of fused-ring (bicyclic) bond motifs is 1. The lowest BCUT2D eigenvalue weighted by Gasteiger charge is -2.36. The number of anilines is 3. The Morgan fingerprint density at radius 1 is 0.900 bits per heavy atom. The number of amides is 4. The average Bonchev–Trinajstić information content (AvgIpc) is 4.36. The molecule has 1 saturated heterocycles. The molecule has 0 saturated carbocycles. The molecule has 0 aliphatic carbocycles. The number of hydrogen-bond donors (Lipinski definition) is 6. The molecule has 0 unspecified atom stereocenters. The molecule has 0 radical (unpaired) electrons. The largest absolute Gasteiger partial charge is 0.484 e. The molecule has 80 heavy (non-hydrogen) atoms. The summed E-state index contributed by atoms with van der Waals surface area (Å²) < 4.78 is 106. The zero-order valence-corrected chi connectivity index (χ0v) is 46.3. The predicted molar refractivity (Wildman–Crippen MR) is 293 cm³/mol. The average molecular weight is 1140 g/mol. The van der Waals surface area contributed by atoms with Crippen LogP contribution in [0.15, 0.2) is 79.3 Å². The minimum absolute atomic E-state index is 0.0263. The van der Waals surface area contributed by atoms with E-state index >= 15 is 0 Å². The molecule has 1 aliphatic rings. The summed E-state index contributed by atoms with van der Waals surface area (Å²) in [5, 5.41) is 20.7. The SMILES string of the molecule is CN[C@@H](C)C(=O)N[C@H](C(=O)N1C[C@H](NC(=O)CCCCCCCCn2cc(-c3cnc(N)c4c(-c5ccc(NS(=O)(=O)C(F)F)c(O[C@@H](C)c6ccc(F)cc6)c5)nn(C)c34)cn2)C[C@H]1C(=O)Nc1c(F)cccc1F)C(C)(C)C. The van der Waals surface area contributed by atoms with Gasteiger partial charge in [-0.3, -0.25) is 33.3 Å². The summed E-state index contributed by atoms with van der Waals surface area (Å²) in [6.45, 7) is 9.09. The van der Waals surface area contributed by atoms with Gasteiger partial charge in [0.05, 0.1) is 28.8 Å². The third kappa shape index (κ3) is 14.4. The zero-order chi connectivity index (χ0) is 58.2. The summed E-state index contributed by atoms with van der Waals surface area (Å²) >= 11 is 0. The van der Waals surface area contributed by atoms with Crippen molar-refractivity contribution in [1.29, 1.82) is 0 Å². The van der Waals surface area contributed by atoms with Crippen LogP contribution >= 0.6 is 0 Å². The van der Waals surface area contributed by atoms with E-state index in [1.165, 1.54) is 47.4 Å². The molecule has 6 aromatic rings. The second kappa shape index (κ2) is 25.6. The van der Waals surface area contributed by atoms with E-state index in [0.29, 0.717) is 46.3 Å². The molecule has 430 valence electrons. The highest BCUT2D eigenvalue weighted by molar-refractivity contribution is 7.93. The number of aryl methyl sites for hydroxylation is 2. The van der Waals surface area contributed by atoms with Gasteiger partial charge in [0.1, 0.15) is 58.6 Å². The topological polar surface area (TPSA) is 250 Å². The monoisotopic (exact) mass is 1130 g/mol. The molecule has 3 aromatic carbocycles. The van der Waals surface area contributed by atoms with Gasteiger partial charge >= 0.3 is 5.76 Å². The summed E-state index contributed by atoms with van der Waals surface area (Å²) in [6, 6.07) is 9.23. The first-order valence-electron chi connectivity index (χ1n) is 26.2. The van der Waals surface area contributed by atoms with Crippen LogP contribution in [0.2, 0.25) is 0 Å². The molecule has 0 bridgehead atoms. The molecule has 4 heterocycles. The lowest BCUT2D eigenvalue weighted by Crippen LogP contribution is -2.59. The number of rotatable bonds is 24. The molecule has 25 heteroatoms. The Morgan fingerprint density at radius 3 is 2.24 bits per heavy atom. The number of unbranched alkanes of at least 4 members (excludes halogenated alkanes) is 5. The number of aromatic nitrogens is 5. The summed E-state index contributed by atoms with van der Waals surface area (Å²) in [6.07, 6.45) is 9.40. The van der Waals surface area contributed by atoms with Gasteiger partial charge in [-0.15, -0.1) is 0 Å². The second-order valence-corrected chi connectivity index (χ2v) is 22.6. The Hall–Kier alpha value is -7.67. The lowest BCUT2D eigenvalue weighted by atomic mass is 9.85. The van der Waals surface area contributed by atoms with Crippen LogP contribution in [0, 0.1) is 22.9 Å². The number of halogens is 5. The number of nitrogens with two attached hydrogens (primary N) is 1. The van der Waals surface area contributed by atoms with Crippen LogP contribution in [0.4, 0.5) is 39.1 Å². The number of para-hydroxylation sites is 1. The number of nitrogen functional groups attached to an aromatic ring is 1. The highest BCUT2D eigenvalue weighted by Crippen LogP contribution is 2.41. The number of sulfonamides is 1. The van der Waals surface area contributed by atoms with Gasteiger partial charge in [0.25, 0.3) is 10.0 Å². The normalized spacial score (nSPS) is 15.9. The van der Waals surface area contributed by atoms with Crippen molar-refractivity contribution in [3.63, 3.8) is 0 Å². The highest BCUT2D eigenvalue weighted by atomic mass is 32.2.